The first-order valence-corrected chi connectivity index (χ1v) is 9.08. The molecule has 0 bridgehead atoms. The SMILES string of the molecule is O=C(O)[C@@]12CN(CCCn3cnnn3)C[C@@H]1CN(Cc1ccccc1)C2. The summed E-state index contributed by atoms with van der Waals surface area (Å²) in [5, 5.41) is 21.1. The fourth-order valence-corrected chi connectivity index (χ4v) is 4.45. The molecular weight excluding hydrogens is 332 g/mol. The Bertz CT molecular complexity index is 737. The minimum Gasteiger partial charge on any atom is -0.481 e. The summed E-state index contributed by atoms with van der Waals surface area (Å²) in [6, 6.07) is 10.3. The summed E-state index contributed by atoms with van der Waals surface area (Å²) in [7, 11) is 0. The highest BCUT2D eigenvalue weighted by Crippen LogP contribution is 2.43. The summed E-state index contributed by atoms with van der Waals surface area (Å²) in [6.07, 6.45) is 2.53. The third-order valence-electron chi connectivity index (χ3n) is 5.68. The molecule has 138 valence electrons. The lowest BCUT2D eigenvalue weighted by Gasteiger charge is -2.25. The number of carbonyl (C=O) groups is 1. The summed E-state index contributed by atoms with van der Waals surface area (Å²) in [4.78, 5) is 16.7. The summed E-state index contributed by atoms with van der Waals surface area (Å²) in [5.41, 5.74) is 0.607. The highest BCUT2D eigenvalue weighted by Gasteiger charge is 2.57. The van der Waals surface area contributed by atoms with Crippen molar-refractivity contribution >= 4 is 5.97 Å². The summed E-state index contributed by atoms with van der Waals surface area (Å²) in [5.74, 6) is -0.460. The van der Waals surface area contributed by atoms with Crippen molar-refractivity contribution in [2.75, 3.05) is 32.7 Å². The molecule has 8 nitrogen and oxygen atoms in total. The number of carboxylic acid groups (broad SMARTS) is 1. The molecule has 2 fully saturated rings. The molecule has 4 rings (SSSR count). The van der Waals surface area contributed by atoms with Crippen molar-refractivity contribution in [3.63, 3.8) is 0 Å². The number of carboxylic acids is 1. The molecule has 0 aliphatic carbocycles. The Morgan fingerprint density at radius 3 is 2.62 bits per heavy atom. The normalized spacial score (nSPS) is 26.2. The average molecular weight is 356 g/mol. The van der Waals surface area contributed by atoms with Crippen molar-refractivity contribution in [2.24, 2.45) is 11.3 Å². The maximum absolute atomic E-state index is 12.1. The van der Waals surface area contributed by atoms with E-state index in [4.69, 9.17) is 0 Å². The summed E-state index contributed by atoms with van der Waals surface area (Å²) in [6.45, 7) is 5.43. The molecule has 0 radical (unpaired) electrons. The van der Waals surface area contributed by atoms with E-state index in [0.29, 0.717) is 13.1 Å². The third kappa shape index (κ3) is 3.34. The van der Waals surface area contributed by atoms with Gasteiger partial charge in [0.1, 0.15) is 6.33 Å². The van der Waals surface area contributed by atoms with Crippen LogP contribution in [0.5, 0.6) is 0 Å². The number of aryl methyl sites for hydroxylation is 1. The van der Waals surface area contributed by atoms with Gasteiger partial charge in [0.05, 0.1) is 5.41 Å². The first-order chi connectivity index (χ1) is 12.7. The molecule has 3 heterocycles. The largest absolute Gasteiger partial charge is 0.481 e. The van der Waals surface area contributed by atoms with E-state index in [0.717, 1.165) is 39.1 Å². The predicted octanol–water partition coefficient (Wildman–Crippen LogP) is 0.582. The zero-order chi connectivity index (χ0) is 18.0. The lowest BCUT2D eigenvalue weighted by Crippen LogP contribution is -2.41. The average Bonchev–Trinajstić information content (AvgIpc) is 3.31. The van der Waals surface area contributed by atoms with Crippen molar-refractivity contribution in [3.8, 4) is 0 Å². The number of benzene rings is 1. The van der Waals surface area contributed by atoms with E-state index in [1.807, 2.05) is 18.2 Å². The van der Waals surface area contributed by atoms with Crippen LogP contribution in [-0.2, 0) is 17.9 Å². The van der Waals surface area contributed by atoms with Gasteiger partial charge in [-0.2, -0.15) is 0 Å². The van der Waals surface area contributed by atoms with Crippen LogP contribution in [-0.4, -0.2) is 73.8 Å². The molecule has 0 amide bonds. The lowest BCUT2D eigenvalue weighted by molar-refractivity contribution is -0.148. The van der Waals surface area contributed by atoms with Crippen LogP contribution in [0.15, 0.2) is 36.7 Å². The molecule has 2 atom stereocenters. The van der Waals surface area contributed by atoms with Gasteiger partial charge < -0.3 is 10.0 Å². The first kappa shape index (κ1) is 17.1. The first-order valence-electron chi connectivity index (χ1n) is 9.08. The molecule has 1 aromatic carbocycles. The molecule has 2 aromatic rings. The molecular formula is C18H24N6O2. The monoisotopic (exact) mass is 356 g/mol. The molecule has 2 aliphatic rings. The number of aromatic nitrogens is 4. The molecule has 26 heavy (non-hydrogen) atoms. The molecule has 8 heteroatoms. The van der Waals surface area contributed by atoms with Gasteiger partial charge in [-0.3, -0.25) is 9.69 Å². The van der Waals surface area contributed by atoms with E-state index < -0.39 is 11.4 Å². The fraction of sp³-hybridized carbons (Fsp3) is 0.556. The maximum Gasteiger partial charge on any atom is 0.312 e. The molecule has 0 saturated carbocycles. The van der Waals surface area contributed by atoms with Crippen LogP contribution in [0.25, 0.3) is 0 Å². The van der Waals surface area contributed by atoms with Crippen molar-refractivity contribution in [1.29, 1.82) is 0 Å². The quantitative estimate of drug-likeness (QED) is 0.776. The minimum absolute atomic E-state index is 0.191. The molecule has 1 N–H and O–H groups in total. The second kappa shape index (κ2) is 7.13. The topological polar surface area (TPSA) is 87.4 Å². The second-order valence-electron chi connectivity index (χ2n) is 7.48. The van der Waals surface area contributed by atoms with Crippen molar-refractivity contribution in [2.45, 2.75) is 19.5 Å². The van der Waals surface area contributed by atoms with Crippen molar-refractivity contribution in [3.05, 3.63) is 42.2 Å². The zero-order valence-electron chi connectivity index (χ0n) is 14.7. The van der Waals surface area contributed by atoms with Crippen LogP contribution in [0.2, 0.25) is 0 Å². The highest BCUT2D eigenvalue weighted by atomic mass is 16.4. The minimum atomic E-state index is -0.652. The number of tetrazole rings is 1. The summed E-state index contributed by atoms with van der Waals surface area (Å²) < 4.78 is 1.71. The van der Waals surface area contributed by atoms with Gasteiger partial charge in [-0.05, 0) is 29.0 Å². The number of rotatable bonds is 7. The number of hydrogen-bond donors (Lipinski definition) is 1. The fourth-order valence-electron chi connectivity index (χ4n) is 4.45. The Morgan fingerprint density at radius 1 is 1.15 bits per heavy atom. The van der Waals surface area contributed by atoms with Crippen LogP contribution in [0.1, 0.15) is 12.0 Å². The molecule has 0 spiro atoms. The number of likely N-dealkylation sites (tertiary alicyclic amines) is 2. The standard InChI is InChI=1S/C18H24N6O2/c25-17(26)18-12-22(7-4-8-24-14-19-20-21-24)10-16(18)11-23(13-18)9-15-5-2-1-3-6-15/h1-3,5-6,14,16H,4,7-13H2,(H,25,26)/t16-,18-/m1/s1. The molecule has 1 aromatic heterocycles. The zero-order valence-corrected chi connectivity index (χ0v) is 14.7. The van der Waals surface area contributed by atoms with Gasteiger partial charge in [-0.25, -0.2) is 4.68 Å². The van der Waals surface area contributed by atoms with E-state index in [9.17, 15) is 9.90 Å². The van der Waals surface area contributed by atoms with Gasteiger partial charge in [0, 0.05) is 45.2 Å². The predicted molar refractivity (Wildman–Crippen MR) is 94.2 cm³/mol. The maximum atomic E-state index is 12.1. The molecule has 2 aliphatic heterocycles. The molecule has 0 unspecified atom stereocenters. The molecule has 2 saturated heterocycles. The Labute approximate surface area is 152 Å². The van der Waals surface area contributed by atoms with E-state index in [1.54, 1.807) is 11.0 Å². The number of aliphatic carboxylic acids is 1. The van der Waals surface area contributed by atoms with Gasteiger partial charge in [-0.15, -0.1) is 5.10 Å². The Kier molecular flexibility index (Phi) is 4.69. The van der Waals surface area contributed by atoms with Crippen LogP contribution < -0.4 is 0 Å². The van der Waals surface area contributed by atoms with Gasteiger partial charge in [0.25, 0.3) is 0 Å². The highest BCUT2D eigenvalue weighted by molar-refractivity contribution is 5.77. The van der Waals surface area contributed by atoms with Gasteiger partial charge >= 0.3 is 5.97 Å². The van der Waals surface area contributed by atoms with Gasteiger partial charge in [0.2, 0.25) is 0 Å². The lowest BCUT2D eigenvalue weighted by atomic mass is 9.81. The van der Waals surface area contributed by atoms with Crippen LogP contribution in [0.3, 0.4) is 0 Å². The Hall–Kier alpha value is -2.32. The Morgan fingerprint density at radius 2 is 1.92 bits per heavy atom. The van der Waals surface area contributed by atoms with E-state index in [-0.39, 0.29) is 5.92 Å². The van der Waals surface area contributed by atoms with Crippen molar-refractivity contribution < 1.29 is 9.90 Å². The van der Waals surface area contributed by atoms with Crippen LogP contribution in [0, 0.1) is 11.3 Å². The number of hydrogen-bond acceptors (Lipinski definition) is 6. The van der Waals surface area contributed by atoms with E-state index in [2.05, 4.69) is 37.5 Å². The van der Waals surface area contributed by atoms with Crippen LogP contribution >= 0.6 is 0 Å². The Balaban J connectivity index is 1.35. The van der Waals surface area contributed by atoms with Gasteiger partial charge in [-0.1, -0.05) is 30.3 Å². The van der Waals surface area contributed by atoms with Crippen LogP contribution in [0.4, 0.5) is 0 Å². The number of fused-ring (bicyclic) bond motifs is 1. The summed E-state index contributed by atoms with van der Waals surface area (Å²) >= 11 is 0. The van der Waals surface area contributed by atoms with Gasteiger partial charge in [0.15, 0.2) is 0 Å². The second-order valence-corrected chi connectivity index (χ2v) is 7.48. The van der Waals surface area contributed by atoms with E-state index in [1.165, 1.54) is 5.56 Å². The number of nitrogens with zero attached hydrogens (tertiary/aromatic N) is 6. The van der Waals surface area contributed by atoms with Crippen molar-refractivity contribution in [1.82, 2.24) is 30.0 Å². The smallest absolute Gasteiger partial charge is 0.312 e. The third-order valence-corrected chi connectivity index (χ3v) is 5.68. The van der Waals surface area contributed by atoms with E-state index >= 15 is 0 Å².